The fraction of sp³-hybridized carbons (Fsp3) is 0.571. The van der Waals surface area contributed by atoms with Gasteiger partial charge in [0.25, 0.3) is 0 Å². The number of aryl methyl sites for hydroxylation is 1. The Morgan fingerprint density at radius 3 is 2.47 bits per heavy atom. The molecule has 0 bridgehead atoms. The van der Waals surface area contributed by atoms with Gasteiger partial charge in [0, 0.05) is 5.92 Å². The molecule has 0 aromatic heterocycles. The second-order valence-corrected chi connectivity index (χ2v) is 6.71. The monoisotopic (exact) mass is 316 g/mol. The predicted octanol–water partition coefficient (Wildman–Crippen LogP) is 4.73. The normalized spacial score (nSPS) is 13.5. The fourth-order valence-corrected chi connectivity index (χ4v) is 2.75. The van der Waals surface area contributed by atoms with E-state index in [0.717, 1.165) is 16.0 Å². The number of ether oxygens (including phenoxy) is 1. The molecule has 1 aromatic carbocycles. The van der Waals surface area contributed by atoms with Crippen LogP contribution < -0.4 is 4.74 Å². The van der Waals surface area contributed by atoms with Crippen LogP contribution in [0.1, 0.15) is 26.3 Å². The second-order valence-electron chi connectivity index (χ2n) is 5.49. The largest absolute Gasteiger partial charge is 0.492 e. The van der Waals surface area contributed by atoms with Crippen molar-refractivity contribution in [2.45, 2.75) is 27.7 Å². The lowest BCUT2D eigenvalue weighted by Gasteiger charge is -2.29. The number of halogens is 1. The topological polar surface area (TPSA) is 9.23 Å². The van der Waals surface area contributed by atoms with Crippen LogP contribution in [0, 0.1) is 18.3 Å². The fourth-order valence-electron chi connectivity index (χ4n) is 1.49. The second kappa shape index (κ2) is 6.14. The first-order chi connectivity index (χ1) is 7.84. The summed E-state index contributed by atoms with van der Waals surface area (Å²) in [6.45, 7) is 9.44. The summed E-state index contributed by atoms with van der Waals surface area (Å²) < 4.78 is 6.89. The van der Waals surface area contributed by atoms with Crippen LogP contribution in [-0.4, -0.2) is 12.4 Å². The minimum Gasteiger partial charge on any atom is -0.492 e. The number of hydrogen-bond acceptors (Lipinski definition) is 2. The van der Waals surface area contributed by atoms with Gasteiger partial charge in [0.2, 0.25) is 0 Å². The third kappa shape index (κ3) is 4.55. The summed E-state index contributed by atoms with van der Waals surface area (Å²) in [4.78, 5) is 0. The molecule has 96 valence electrons. The zero-order valence-electron chi connectivity index (χ0n) is 11.0. The average molecular weight is 317 g/mol. The molecule has 0 fully saturated rings. The van der Waals surface area contributed by atoms with E-state index in [1.807, 2.05) is 6.07 Å². The van der Waals surface area contributed by atoms with Gasteiger partial charge in [-0.2, -0.15) is 12.6 Å². The minimum absolute atomic E-state index is 0.221. The van der Waals surface area contributed by atoms with Crippen molar-refractivity contribution in [2.24, 2.45) is 11.3 Å². The van der Waals surface area contributed by atoms with Crippen LogP contribution >= 0.6 is 28.6 Å². The molecule has 0 spiro atoms. The van der Waals surface area contributed by atoms with Crippen molar-refractivity contribution >= 4 is 28.6 Å². The molecule has 1 aromatic rings. The first kappa shape index (κ1) is 14.9. The Labute approximate surface area is 118 Å². The van der Waals surface area contributed by atoms with Gasteiger partial charge >= 0.3 is 0 Å². The van der Waals surface area contributed by atoms with Gasteiger partial charge in [0.05, 0.1) is 11.1 Å². The van der Waals surface area contributed by atoms with Crippen molar-refractivity contribution in [2.75, 3.05) is 12.4 Å². The maximum absolute atomic E-state index is 5.88. The van der Waals surface area contributed by atoms with E-state index in [1.54, 1.807) is 0 Å². The first-order valence-electron chi connectivity index (χ1n) is 5.84. The maximum Gasteiger partial charge on any atom is 0.133 e. The molecule has 0 N–H and O–H groups in total. The number of rotatable bonds is 4. The lowest BCUT2D eigenvalue weighted by molar-refractivity contribution is 0.164. The molecule has 0 saturated heterocycles. The number of hydrogen-bond donors (Lipinski definition) is 1. The van der Waals surface area contributed by atoms with Crippen LogP contribution in [-0.2, 0) is 0 Å². The summed E-state index contributed by atoms with van der Waals surface area (Å²) in [6, 6.07) is 6.15. The summed E-state index contributed by atoms with van der Waals surface area (Å²) in [5, 5.41) is 0. The molecule has 0 aliphatic carbocycles. The third-order valence-corrected chi connectivity index (χ3v) is 4.03. The molecule has 0 aliphatic rings. The van der Waals surface area contributed by atoms with Crippen LogP contribution in [0.2, 0.25) is 0 Å². The Morgan fingerprint density at radius 1 is 1.35 bits per heavy atom. The van der Waals surface area contributed by atoms with Crippen LogP contribution in [0.4, 0.5) is 0 Å². The van der Waals surface area contributed by atoms with Crippen molar-refractivity contribution in [1.82, 2.24) is 0 Å². The summed E-state index contributed by atoms with van der Waals surface area (Å²) in [6.07, 6.45) is 0. The van der Waals surface area contributed by atoms with Gasteiger partial charge in [-0.05, 0) is 51.7 Å². The standard InChI is InChI=1S/C14H21BrOS/c1-10-5-6-13(12(15)7-10)16-8-11(9-17)14(2,3)4/h5-7,11,17H,8-9H2,1-4H3. The van der Waals surface area contributed by atoms with E-state index in [9.17, 15) is 0 Å². The van der Waals surface area contributed by atoms with Crippen molar-refractivity contribution in [3.8, 4) is 5.75 Å². The van der Waals surface area contributed by atoms with Gasteiger partial charge in [-0.25, -0.2) is 0 Å². The van der Waals surface area contributed by atoms with Gasteiger partial charge in [-0.15, -0.1) is 0 Å². The highest BCUT2D eigenvalue weighted by molar-refractivity contribution is 9.10. The average Bonchev–Trinajstić information content (AvgIpc) is 2.19. The highest BCUT2D eigenvalue weighted by Crippen LogP contribution is 2.30. The molecule has 0 radical (unpaired) electrons. The summed E-state index contributed by atoms with van der Waals surface area (Å²) >= 11 is 7.93. The van der Waals surface area contributed by atoms with E-state index >= 15 is 0 Å². The van der Waals surface area contributed by atoms with Gasteiger partial charge in [0.15, 0.2) is 0 Å². The Balaban J connectivity index is 2.66. The maximum atomic E-state index is 5.88. The smallest absolute Gasteiger partial charge is 0.133 e. The summed E-state index contributed by atoms with van der Waals surface area (Å²) in [5.41, 5.74) is 1.45. The van der Waals surface area contributed by atoms with E-state index in [1.165, 1.54) is 5.56 Å². The van der Waals surface area contributed by atoms with E-state index < -0.39 is 0 Å². The summed E-state index contributed by atoms with van der Waals surface area (Å²) in [5.74, 6) is 2.19. The van der Waals surface area contributed by atoms with Crippen molar-refractivity contribution in [3.05, 3.63) is 28.2 Å². The summed E-state index contributed by atoms with van der Waals surface area (Å²) in [7, 11) is 0. The SMILES string of the molecule is Cc1ccc(OCC(CS)C(C)(C)C)c(Br)c1. The van der Waals surface area contributed by atoms with E-state index in [0.29, 0.717) is 12.5 Å². The van der Waals surface area contributed by atoms with Crippen LogP contribution in [0.25, 0.3) is 0 Å². The van der Waals surface area contributed by atoms with E-state index in [-0.39, 0.29) is 5.41 Å². The van der Waals surface area contributed by atoms with Crippen molar-refractivity contribution < 1.29 is 4.74 Å². The quantitative estimate of drug-likeness (QED) is 0.790. The zero-order chi connectivity index (χ0) is 13.1. The molecule has 0 saturated carbocycles. The zero-order valence-corrected chi connectivity index (χ0v) is 13.4. The molecule has 1 rings (SSSR count). The number of thiol groups is 1. The first-order valence-corrected chi connectivity index (χ1v) is 7.27. The Hall–Kier alpha value is -0.150. The Bertz CT molecular complexity index is 371. The molecule has 17 heavy (non-hydrogen) atoms. The van der Waals surface area contributed by atoms with Gasteiger partial charge in [-0.1, -0.05) is 26.8 Å². The van der Waals surface area contributed by atoms with Crippen molar-refractivity contribution in [3.63, 3.8) is 0 Å². The molecule has 1 nitrogen and oxygen atoms in total. The van der Waals surface area contributed by atoms with E-state index in [2.05, 4.69) is 68.4 Å². The molecule has 1 atom stereocenters. The highest BCUT2D eigenvalue weighted by atomic mass is 79.9. The Morgan fingerprint density at radius 2 is 2.00 bits per heavy atom. The lowest BCUT2D eigenvalue weighted by atomic mass is 9.82. The Kier molecular flexibility index (Phi) is 5.39. The van der Waals surface area contributed by atoms with Gasteiger partial charge < -0.3 is 4.74 Å². The molecule has 3 heteroatoms. The molecule has 1 unspecified atom stereocenters. The molecular formula is C14H21BrOS. The molecular weight excluding hydrogens is 296 g/mol. The van der Waals surface area contributed by atoms with Gasteiger partial charge in [-0.3, -0.25) is 0 Å². The van der Waals surface area contributed by atoms with Gasteiger partial charge in [0.1, 0.15) is 5.75 Å². The predicted molar refractivity (Wildman–Crippen MR) is 81.2 cm³/mol. The lowest BCUT2D eigenvalue weighted by Crippen LogP contribution is -2.28. The number of benzene rings is 1. The van der Waals surface area contributed by atoms with E-state index in [4.69, 9.17) is 4.74 Å². The molecule has 0 heterocycles. The van der Waals surface area contributed by atoms with Crippen LogP contribution in [0.5, 0.6) is 5.75 Å². The van der Waals surface area contributed by atoms with Crippen LogP contribution in [0.3, 0.4) is 0 Å². The highest BCUT2D eigenvalue weighted by Gasteiger charge is 2.24. The van der Waals surface area contributed by atoms with Crippen LogP contribution in [0.15, 0.2) is 22.7 Å². The van der Waals surface area contributed by atoms with Crippen molar-refractivity contribution in [1.29, 1.82) is 0 Å². The minimum atomic E-state index is 0.221. The molecule has 0 amide bonds. The molecule has 0 aliphatic heterocycles. The third-order valence-electron chi connectivity index (χ3n) is 2.97.